The van der Waals surface area contributed by atoms with Gasteiger partial charge in [-0.15, -0.1) is 0 Å². The predicted octanol–water partition coefficient (Wildman–Crippen LogP) is 3.32. The Bertz CT molecular complexity index is 229. The summed E-state index contributed by atoms with van der Waals surface area (Å²) in [5.41, 5.74) is 0.141. The summed E-state index contributed by atoms with van der Waals surface area (Å²) in [7, 11) is 1.70. The molecule has 1 N–H and O–H groups in total. The fourth-order valence-electron chi connectivity index (χ4n) is 1.32. The van der Waals surface area contributed by atoms with Gasteiger partial charge >= 0.3 is 12.3 Å². The highest BCUT2D eigenvalue weighted by molar-refractivity contribution is 4.72. The van der Waals surface area contributed by atoms with E-state index in [1.807, 2.05) is 0 Å². The normalized spacial score (nSPS) is 15.2. The van der Waals surface area contributed by atoms with Crippen LogP contribution in [0, 0.1) is 5.41 Å². The molecule has 0 rings (SSSR count). The van der Waals surface area contributed by atoms with Gasteiger partial charge in [0.25, 0.3) is 0 Å². The lowest BCUT2D eigenvalue weighted by molar-refractivity contribution is -0.167. The molecule has 1 unspecified atom stereocenters. The minimum Gasteiger partial charge on any atom is -0.373 e. The lowest BCUT2D eigenvalue weighted by Crippen LogP contribution is -2.37. The maximum atomic E-state index is 12.6. The first-order valence-electron chi connectivity index (χ1n) is 5.99. The summed E-state index contributed by atoms with van der Waals surface area (Å²) in [6, 6.07) is -0.0994. The fraction of sp³-hybridized carbons (Fsp3) is 1.00. The zero-order chi connectivity index (χ0) is 14.4. The Hall–Kier alpha value is -0.360. The smallest absolute Gasteiger partial charge is 0.330 e. The predicted molar refractivity (Wildman–Crippen MR) is 63.3 cm³/mol. The summed E-state index contributed by atoms with van der Waals surface area (Å²) in [4.78, 5) is 0. The molecule has 0 aromatic carbocycles. The third-order valence-electron chi connectivity index (χ3n) is 2.58. The Morgan fingerprint density at radius 2 is 1.72 bits per heavy atom. The van der Waals surface area contributed by atoms with E-state index in [2.05, 4.69) is 30.8 Å². The van der Waals surface area contributed by atoms with Gasteiger partial charge in [-0.05, 0) is 25.3 Å². The molecular formula is C12H23F4NO. The lowest BCUT2D eigenvalue weighted by Gasteiger charge is -2.23. The SMILES string of the molecule is CNC(CCC(C)(C)C)COCC(F)(F)C(F)F. The molecule has 0 bridgehead atoms. The molecule has 2 nitrogen and oxygen atoms in total. The first-order chi connectivity index (χ1) is 8.08. The summed E-state index contributed by atoms with van der Waals surface area (Å²) < 4.78 is 53.6. The van der Waals surface area contributed by atoms with Crippen LogP contribution >= 0.6 is 0 Å². The van der Waals surface area contributed by atoms with Crippen LogP contribution in [0.25, 0.3) is 0 Å². The topological polar surface area (TPSA) is 21.3 Å². The summed E-state index contributed by atoms with van der Waals surface area (Å²) in [5.74, 6) is -4.07. The van der Waals surface area contributed by atoms with E-state index < -0.39 is 19.0 Å². The molecular weight excluding hydrogens is 250 g/mol. The highest BCUT2D eigenvalue weighted by atomic mass is 19.3. The minimum absolute atomic E-state index is 0.00882. The third-order valence-corrected chi connectivity index (χ3v) is 2.58. The maximum absolute atomic E-state index is 12.6. The van der Waals surface area contributed by atoms with Crippen molar-refractivity contribution in [3.8, 4) is 0 Å². The van der Waals surface area contributed by atoms with Gasteiger partial charge in [0.05, 0.1) is 6.61 Å². The Morgan fingerprint density at radius 1 is 1.17 bits per heavy atom. The average Bonchev–Trinajstić information content (AvgIpc) is 2.21. The van der Waals surface area contributed by atoms with E-state index in [-0.39, 0.29) is 18.1 Å². The molecule has 0 amide bonds. The zero-order valence-electron chi connectivity index (χ0n) is 11.4. The quantitative estimate of drug-likeness (QED) is 0.685. The van der Waals surface area contributed by atoms with Crippen molar-refractivity contribution in [3.63, 3.8) is 0 Å². The molecule has 18 heavy (non-hydrogen) atoms. The Kier molecular flexibility index (Phi) is 7.14. The zero-order valence-corrected chi connectivity index (χ0v) is 11.4. The second-order valence-corrected chi connectivity index (χ2v) is 5.66. The summed E-state index contributed by atoms with van der Waals surface area (Å²) in [6.45, 7) is 5.00. The first kappa shape index (κ1) is 17.6. The molecule has 0 radical (unpaired) electrons. The van der Waals surface area contributed by atoms with Crippen LogP contribution in [-0.4, -0.2) is 38.7 Å². The van der Waals surface area contributed by atoms with Crippen molar-refractivity contribution in [3.05, 3.63) is 0 Å². The lowest BCUT2D eigenvalue weighted by atomic mass is 9.89. The number of ether oxygens (including phenoxy) is 1. The van der Waals surface area contributed by atoms with Crippen molar-refractivity contribution in [2.75, 3.05) is 20.3 Å². The van der Waals surface area contributed by atoms with Gasteiger partial charge in [-0.25, -0.2) is 8.78 Å². The van der Waals surface area contributed by atoms with Crippen molar-refractivity contribution in [2.45, 2.75) is 52.0 Å². The van der Waals surface area contributed by atoms with Gasteiger partial charge in [0, 0.05) is 6.04 Å². The second-order valence-electron chi connectivity index (χ2n) is 5.66. The standard InChI is InChI=1S/C12H23F4NO/c1-11(2,3)6-5-9(17-4)7-18-8-12(15,16)10(13)14/h9-10,17H,5-8H2,1-4H3. The van der Waals surface area contributed by atoms with Crippen molar-refractivity contribution in [1.29, 1.82) is 0 Å². The van der Waals surface area contributed by atoms with Crippen molar-refractivity contribution in [2.24, 2.45) is 5.41 Å². The van der Waals surface area contributed by atoms with Crippen molar-refractivity contribution in [1.82, 2.24) is 5.32 Å². The molecule has 0 aliphatic rings. The highest BCUT2D eigenvalue weighted by Crippen LogP contribution is 2.24. The van der Waals surface area contributed by atoms with Crippen LogP contribution < -0.4 is 5.32 Å². The van der Waals surface area contributed by atoms with Gasteiger partial charge < -0.3 is 10.1 Å². The van der Waals surface area contributed by atoms with Crippen molar-refractivity contribution >= 4 is 0 Å². The van der Waals surface area contributed by atoms with Crippen LogP contribution in [-0.2, 0) is 4.74 Å². The van der Waals surface area contributed by atoms with E-state index in [0.717, 1.165) is 12.8 Å². The molecule has 0 heterocycles. The Balaban J connectivity index is 3.95. The molecule has 0 saturated carbocycles. The van der Waals surface area contributed by atoms with Gasteiger partial charge in [0.1, 0.15) is 6.61 Å². The van der Waals surface area contributed by atoms with E-state index in [0.29, 0.717) is 0 Å². The van der Waals surface area contributed by atoms with E-state index in [4.69, 9.17) is 0 Å². The van der Waals surface area contributed by atoms with E-state index >= 15 is 0 Å². The molecule has 1 atom stereocenters. The molecule has 0 spiro atoms. The highest BCUT2D eigenvalue weighted by Gasteiger charge is 2.41. The average molecular weight is 273 g/mol. The van der Waals surface area contributed by atoms with Gasteiger partial charge in [-0.1, -0.05) is 20.8 Å². The molecule has 0 saturated heterocycles. The largest absolute Gasteiger partial charge is 0.373 e. The summed E-state index contributed by atoms with van der Waals surface area (Å²) in [6.07, 6.45) is -2.03. The van der Waals surface area contributed by atoms with E-state index in [1.54, 1.807) is 7.05 Å². The Labute approximate surface area is 106 Å². The molecule has 0 aliphatic heterocycles. The van der Waals surface area contributed by atoms with Crippen molar-refractivity contribution < 1.29 is 22.3 Å². The maximum Gasteiger partial charge on any atom is 0.330 e. The van der Waals surface area contributed by atoms with Gasteiger partial charge in [0.2, 0.25) is 0 Å². The first-order valence-corrected chi connectivity index (χ1v) is 5.99. The monoisotopic (exact) mass is 273 g/mol. The van der Waals surface area contributed by atoms with Crippen LogP contribution in [0.3, 0.4) is 0 Å². The number of rotatable bonds is 8. The van der Waals surface area contributed by atoms with E-state index in [9.17, 15) is 17.6 Å². The number of hydrogen-bond acceptors (Lipinski definition) is 2. The summed E-state index contributed by atoms with van der Waals surface area (Å²) >= 11 is 0. The number of hydrogen-bond donors (Lipinski definition) is 1. The summed E-state index contributed by atoms with van der Waals surface area (Å²) in [5, 5.41) is 2.93. The third kappa shape index (κ3) is 7.87. The van der Waals surface area contributed by atoms with Crippen LogP contribution in [0.2, 0.25) is 0 Å². The number of nitrogens with one attached hydrogen (secondary N) is 1. The van der Waals surface area contributed by atoms with E-state index in [1.165, 1.54) is 0 Å². The van der Waals surface area contributed by atoms with Gasteiger partial charge in [-0.2, -0.15) is 8.78 Å². The number of likely N-dealkylation sites (N-methyl/N-ethyl adjacent to an activating group) is 1. The van der Waals surface area contributed by atoms with Gasteiger partial charge in [-0.3, -0.25) is 0 Å². The fourth-order valence-corrected chi connectivity index (χ4v) is 1.32. The van der Waals surface area contributed by atoms with Crippen LogP contribution in [0.1, 0.15) is 33.6 Å². The van der Waals surface area contributed by atoms with Crippen LogP contribution in [0.4, 0.5) is 17.6 Å². The minimum atomic E-state index is -4.07. The van der Waals surface area contributed by atoms with Gasteiger partial charge in [0.15, 0.2) is 0 Å². The molecule has 0 aromatic heterocycles. The molecule has 0 aliphatic carbocycles. The number of halogens is 4. The van der Waals surface area contributed by atoms with Crippen LogP contribution in [0.5, 0.6) is 0 Å². The molecule has 0 aromatic rings. The Morgan fingerprint density at radius 3 is 2.11 bits per heavy atom. The second kappa shape index (κ2) is 7.28. The number of alkyl halides is 4. The molecule has 0 fully saturated rings. The molecule has 110 valence electrons. The molecule has 6 heteroatoms. The van der Waals surface area contributed by atoms with Crippen LogP contribution in [0.15, 0.2) is 0 Å².